The summed E-state index contributed by atoms with van der Waals surface area (Å²) >= 11 is 0. The summed E-state index contributed by atoms with van der Waals surface area (Å²) in [6.45, 7) is 5.37. The topological polar surface area (TPSA) is 53.1 Å². The first kappa shape index (κ1) is 10.5. The van der Waals surface area contributed by atoms with Gasteiger partial charge in [-0.1, -0.05) is 0 Å². The fourth-order valence-electron chi connectivity index (χ4n) is 1.73. The molecule has 0 bridgehead atoms. The zero-order valence-electron chi connectivity index (χ0n) is 8.42. The maximum absolute atomic E-state index is 8.70. The smallest absolute Gasteiger partial charge is 0.101 e. The minimum atomic E-state index is -0.625. The van der Waals surface area contributed by atoms with Crippen molar-refractivity contribution < 1.29 is 0 Å². The van der Waals surface area contributed by atoms with Crippen molar-refractivity contribution in [3.05, 3.63) is 0 Å². The van der Waals surface area contributed by atoms with E-state index < -0.39 is 5.54 Å². The first-order valence-corrected chi connectivity index (χ1v) is 5.06. The van der Waals surface area contributed by atoms with Crippen LogP contribution in [0.3, 0.4) is 0 Å². The van der Waals surface area contributed by atoms with Crippen molar-refractivity contribution in [2.75, 3.05) is 19.6 Å². The van der Waals surface area contributed by atoms with Gasteiger partial charge in [0.25, 0.3) is 0 Å². The van der Waals surface area contributed by atoms with Crippen LogP contribution in [-0.2, 0) is 0 Å². The Bertz CT molecular complexity index is 187. The number of nitrogens with two attached hydrogens (primary N) is 1. The zero-order valence-corrected chi connectivity index (χ0v) is 8.42. The van der Waals surface area contributed by atoms with Crippen molar-refractivity contribution in [1.29, 1.82) is 5.26 Å². The van der Waals surface area contributed by atoms with Crippen LogP contribution in [0.25, 0.3) is 0 Å². The molecular weight excluding hydrogens is 162 g/mol. The van der Waals surface area contributed by atoms with Gasteiger partial charge in [-0.3, -0.25) is 0 Å². The van der Waals surface area contributed by atoms with E-state index in [1.165, 1.54) is 25.9 Å². The van der Waals surface area contributed by atoms with Crippen molar-refractivity contribution in [2.24, 2.45) is 5.73 Å². The lowest BCUT2D eigenvalue weighted by molar-refractivity contribution is 0.319. The number of nitriles is 1. The predicted molar refractivity (Wildman–Crippen MR) is 53.1 cm³/mol. The summed E-state index contributed by atoms with van der Waals surface area (Å²) < 4.78 is 0. The van der Waals surface area contributed by atoms with E-state index in [1.807, 2.05) is 0 Å². The van der Waals surface area contributed by atoms with Crippen LogP contribution in [0.2, 0.25) is 0 Å². The molecule has 0 radical (unpaired) electrons. The first-order valence-electron chi connectivity index (χ1n) is 5.06. The standard InChI is InChI=1S/C10H19N3/c1-10(12,9-11)5-4-8-13-6-2-3-7-13/h2-8,12H2,1H3. The van der Waals surface area contributed by atoms with E-state index in [4.69, 9.17) is 11.0 Å². The molecule has 2 N–H and O–H groups in total. The maximum atomic E-state index is 8.70. The van der Waals surface area contributed by atoms with Crippen molar-refractivity contribution >= 4 is 0 Å². The Labute approximate surface area is 80.5 Å². The average Bonchev–Trinajstić information content (AvgIpc) is 2.57. The summed E-state index contributed by atoms with van der Waals surface area (Å²) in [5.74, 6) is 0. The van der Waals surface area contributed by atoms with Crippen molar-refractivity contribution in [3.8, 4) is 6.07 Å². The van der Waals surface area contributed by atoms with Crippen molar-refractivity contribution in [2.45, 2.75) is 38.1 Å². The fraction of sp³-hybridized carbons (Fsp3) is 0.900. The highest BCUT2D eigenvalue weighted by Crippen LogP contribution is 2.11. The Morgan fingerprint density at radius 1 is 1.46 bits per heavy atom. The predicted octanol–water partition coefficient (Wildman–Crippen LogP) is 1.10. The molecule has 1 saturated heterocycles. The molecule has 0 aromatic carbocycles. The summed E-state index contributed by atoms with van der Waals surface area (Å²) in [4.78, 5) is 2.45. The molecule has 0 saturated carbocycles. The molecule has 1 aliphatic rings. The quantitative estimate of drug-likeness (QED) is 0.706. The first-order chi connectivity index (χ1) is 6.14. The molecule has 3 heteroatoms. The van der Waals surface area contributed by atoms with Crippen molar-refractivity contribution in [1.82, 2.24) is 4.90 Å². The van der Waals surface area contributed by atoms with Crippen LogP contribution in [-0.4, -0.2) is 30.1 Å². The summed E-state index contributed by atoms with van der Waals surface area (Å²) in [7, 11) is 0. The van der Waals surface area contributed by atoms with Gasteiger partial charge in [0.2, 0.25) is 0 Å². The highest BCUT2D eigenvalue weighted by atomic mass is 15.1. The molecule has 1 rings (SSSR count). The highest BCUT2D eigenvalue weighted by molar-refractivity contribution is 5.00. The van der Waals surface area contributed by atoms with E-state index in [1.54, 1.807) is 6.92 Å². The largest absolute Gasteiger partial charge is 0.314 e. The molecule has 3 nitrogen and oxygen atoms in total. The number of nitrogens with zero attached hydrogens (tertiary/aromatic N) is 2. The van der Waals surface area contributed by atoms with Gasteiger partial charge in [0.1, 0.15) is 5.54 Å². The number of hydrogen-bond donors (Lipinski definition) is 1. The second-order valence-corrected chi connectivity index (χ2v) is 4.18. The second-order valence-electron chi connectivity index (χ2n) is 4.18. The Hall–Kier alpha value is -0.590. The van der Waals surface area contributed by atoms with Crippen LogP contribution in [0.1, 0.15) is 32.6 Å². The second kappa shape index (κ2) is 4.59. The van der Waals surface area contributed by atoms with Gasteiger partial charge in [0, 0.05) is 0 Å². The summed E-state index contributed by atoms with van der Waals surface area (Å²) in [5, 5.41) is 8.70. The zero-order chi connectivity index (χ0) is 9.73. The number of hydrogen-bond acceptors (Lipinski definition) is 3. The van der Waals surface area contributed by atoms with Crippen molar-refractivity contribution in [3.63, 3.8) is 0 Å². The van der Waals surface area contributed by atoms with Crippen LogP contribution < -0.4 is 5.73 Å². The summed E-state index contributed by atoms with van der Waals surface area (Å²) in [6, 6.07) is 2.13. The molecular formula is C10H19N3. The van der Waals surface area contributed by atoms with Crippen LogP contribution in [0, 0.1) is 11.3 Å². The molecule has 13 heavy (non-hydrogen) atoms. The summed E-state index contributed by atoms with van der Waals surface area (Å²) in [6.07, 6.45) is 4.51. The minimum Gasteiger partial charge on any atom is -0.314 e. The Morgan fingerprint density at radius 2 is 2.08 bits per heavy atom. The molecule has 1 fully saturated rings. The fourth-order valence-corrected chi connectivity index (χ4v) is 1.73. The van der Waals surface area contributed by atoms with Crippen LogP contribution in [0.4, 0.5) is 0 Å². The summed E-state index contributed by atoms with van der Waals surface area (Å²) in [5.41, 5.74) is 5.10. The third-order valence-corrected chi connectivity index (χ3v) is 2.62. The van der Waals surface area contributed by atoms with Gasteiger partial charge in [-0.25, -0.2) is 0 Å². The molecule has 0 aromatic rings. The Kier molecular flexibility index (Phi) is 3.71. The van der Waals surface area contributed by atoms with E-state index in [0.29, 0.717) is 0 Å². The van der Waals surface area contributed by atoms with Gasteiger partial charge in [0.05, 0.1) is 6.07 Å². The van der Waals surface area contributed by atoms with Gasteiger partial charge in [-0.05, 0) is 52.2 Å². The maximum Gasteiger partial charge on any atom is 0.101 e. The van der Waals surface area contributed by atoms with Gasteiger partial charge in [-0.15, -0.1) is 0 Å². The Morgan fingerprint density at radius 3 is 2.62 bits per heavy atom. The highest BCUT2D eigenvalue weighted by Gasteiger charge is 2.18. The van der Waals surface area contributed by atoms with E-state index in [2.05, 4.69) is 11.0 Å². The van der Waals surface area contributed by atoms with E-state index in [-0.39, 0.29) is 0 Å². The lowest BCUT2D eigenvalue weighted by atomic mass is 9.99. The molecule has 1 unspecified atom stereocenters. The van der Waals surface area contributed by atoms with Crippen LogP contribution in [0.15, 0.2) is 0 Å². The van der Waals surface area contributed by atoms with Gasteiger partial charge in [-0.2, -0.15) is 5.26 Å². The SMILES string of the molecule is CC(N)(C#N)CCCN1CCCC1. The van der Waals surface area contributed by atoms with Crippen LogP contribution >= 0.6 is 0 Å². The lowest BCUT2D eigenvalue weighted by Gasteiger charge is -2.18. The molecule has 1 aliphatic heterocycles. The molecule has 74 valence electrons. The molecule has 1 heterocycles. The minimum absolute atomic E-state index is 0.625. The van der Waals surface area contributed by atoms with Gasteiger partial charge < -0.3 is 10.6 Å². The molecule has 1 atom stereocenters. The van der Waals surface area contributed by atoms with E-state index in [9.17, 15) is 0 Å². The number of rotatable bonds is 4. The molecule has 0 aromatic heterocycles. The monoisotopic (exact) mass is 181 g/mol. The third-order valence-electron chi connectivity index (χ3n) is 2.62. The van der Waals surface area contributed by atoms with E-state index >= 15 is 0 Å². The third kappa shape index (κ3) is 3.75. The number of likely N-dealkylation sites (tertiary alicyclic amines) is 1. The normalized spacial score (nSPS) is 22.5. The van der Waals surface area contributed by atoms with Gasteiger partial charge >= 0.3 is 0 Å². The Balaban J connectivity index is 2.10. The van der Waals surface area contributed by atoms with Crippen LogP contribution in [0.5, 0.6) is 0 Å². The molecule has 0 amide bonds. The van der Waals surface area contributed by atoms with E-state index in [0.717, 1.165) is 19.4 Å². The molecule has 0 spiro atoms. The molecule has 0 aliphatic carbocycles. The van der Waals surface area contributed by atoms with Gasteiger partial charge in [0.15, 0.2) is 0 Å². The average molecular weight is 181 g/mol. The lowest BCUT2D eigenvalue weighted by Crippen LogP contribution is -2.35.